The minimum absolute atomic E-state index is 0.339. The molecule has 0 bridgehead atoms. The zero-order valence-corrected chi connectivity index (χ0v) is 14.5. The van der Waals surface area contributed by atoms with Crippen molar-refractivity contribution in [2.45, 2.75) is 13.3 Å². The SMILES string of the molecule is CC(=O)Oc1nc(Cc2ccccc2-c2ccccc2)n(C)c(=O)c1O. The summed E-state index contributed by atoms with van der Waals surface area (Å²) in [5.74, 6) is -1.32. The molecule has 0 amide bonds. The summed E-state index contributed by atoms with van der Waals surface area (Å²) in [5.41, 5.74) is 2.36. The monoisotopic (exact) mass is 350 g/mol. The first-order valence-electron chi connectivity index (χ1n) is 8.08. The van der Waals surface area contributed by atoms with Gasteiger partial charge in [-0.3, -0.25) is 14.2 Å². The Bertz CT molecular complexity index is 1010. The van der Waals surface area contributed by atoms with Crippen LogP contribution in [0.5, 0.6) is 11.6 Å². The van der Waals surface area contributed by atoms with Gasteiger partial charge in [-0.1, -0.05) is 54.6 Å². The van der Waals surface area contributed by atoms with Gasteiger partial charge < -0.3 is 9.84 Å². The van der Waals surface area contributed by atoms with E-state index in [4.69, 9.17) is 4.74 Å². The molecule has 3 aromatic rings. The number of ether oxygens (including phenoxy) is 1. The smallest absolute Gasteiger partial charge is 0.309 e. The molecule has 0 fully saturated rings. The third-order valence-electron chi connectivity index (χ3n) is 4.02. The van der Waals surface area contributed by atoms with Gasteiger partial charge in [0.15, 0.2) is 0 Å². The lowest BCUT2D eigenvalue weighted by atomic mass is 9.97. The van der Waals surface area contributed by atoms with Gasteiger partial charge in [-0.25, -0.2) is 0 Å². The van der Waals surface area contributed by atoms with Gasteiger partial charge in [-0.2, -0.15) is 4.98 Å². The predicted octanol–water partition coefficient (Wildman–Crippen LogP) is 2.67. The average molecular weight is 350 g/mol. The third-order valence-corrected chi connectivity index (χ3v) is 4.02. The molecular weight excluding hydrogens is 332 g/mol. The Kier molecular flexibility index (Phi) is 4.84. The van der Waals surface area contributed by atoms with Gasteiger partial charge in [0.25, 0.3) is 11.4 Å². The lowest BCUT2D eigenvalue weighted by Gasteiger charge is -2.13. The van der Waals surface area contributed by atoms with E-state index in [1.807, 2.05) is 54.6 Å². The lowest BCUT2D eigenvalue weighted by molar-refractivity contribution is -0.132. The fourth-order valence-corrected chi connectivity index (χ4v) is 2.72. The van der Waals surface area contributed by atoms with Gasteiger partial charge in [0.05, 0.1) is 0 Å². The van der Waals surface area contributed by atoms with Crippen LogP contribution < -0.4 is 10.3 Å². The van der Waals surface area contributed by atoms with Crippen molar-refractivity contribution in [3.05, 3.63) is 76.3 Å². The van der Waals surface area contributed by atoms with Crippen LogP contribution in [0.25, 0.3) is 11.1 Å². The molecule has 0 atom stereocenters. The van der Waals surface area contributed by atoms with Crippen molar-refractivity contribution in [1.29, 1.82) is 0 Å². The zero-order chi connectivity index (χ0) is 18.7. The molecule has 26 heavy (non-hydrogen) atoms. The largest absolute Gasteiger partial charge is 0.499 e. The van der Waals surface area contributed by atoms with Crippen molar-refractivity contribution >= 4 is 5.97 Å². The number of hydrogen-bond donors (Lipinski definition) is 1. The summed E-state index contributed by atoms with van der Waals surface area (Å²) in [6.45, 7) is 1.18. The molecule has 0 radical (unpaired) electrons. The molecule has 6 heteroatoms. The Hall–Kier alpha value is -3.41. The van der Waals surface area contributed by atoms with Crippen LogP contribution in [0.1, 0.15) is 18.3 Å². The molecule has 0 aliphatic carbocycles. The second-order valence-corrected chi connectivity index (χ2v) is 5.84. The van der Waals surface area contributed by atoms with Gasteiger partial charge in [-0.05, 0) is 16.7 Å². The maximum atomic E-state index is 12.2. The summed E-state index contributed by atoms with van der Waals surface area (Å²) >= 11 is 0. The molecule has 0 aliphatic heterocycles. The zero-order valence-electron chi connectivity index (χ0n) is 14.5. The molecule has 0 unspecified atom stereocenters. The van der Waals surface area contributed by atoms with Crippen molar-refractivity contribution in [1.82, 2.24) is 9.55 Å². The van der Waals surface area contributed by atoms with Crippen LogP contribution in [0.15, 0.2) is 59.4 Å². The highest BCUT2D eigenvalue weighted by atomic mass is 16.5. The van der Waals surface area contributed by atoms with Crippen molar-refractivity contribution in [2.24, 2.45) is 7.05 Å². The van der Waals surface area contributed by atoms with E-state index in [2.05, 4.69) is 4.98 Å². The Balaban J connectivity index is 2.07. The molecule has 1 heterocycles. The first-order valence-corrected chi connectivity index (χ1v) is 8.08. The number of carbonyl (C=O) groups excluding carboxylic acids is 1. The minimum atomic E-state index is -0.678. The summed E-state index contributed by atoms with van der Waals surface area (Å²) in [4.78, 5) is 27.6. The van der Waals surface area contributed by atoms with E-state index >= 15 is 0 Å². The van der Waals surface area contributed by atoms with Crippen LogP contribution >= 0.6 is 0 Å². The van der Waals surface area contributed by atoms with Gasteiger partial charge >= 0.3 is 5.97 Å². The van der Waals surface area contributed by atoms with E-state index in [-0.39, 0.29) is 5.88 Å². The number of rotatable bonds is 4. The van der Waals surface area contributed by atoms with E-state index in [0.717, 1.165) is 16.7 Å². The first kappa shape index (κ1) is 17.4. The number of benzene rings is 2. The molecule has 132 valence electrons. The van der Waals surface area contributed by atoms with Crippen LogP contribution in [0.3, 0.4) is 0 Å². The summed E-state index contributed by atoms with van der Waals surface area (Å²) < 4.78 is 6.11. The van der Waals surface area contributed by atoms with Crippen LogP contribution in [-0.4, -0.2) is 20.6 Å². The first-order chi connectivity index (χ1) is 12.5. The summed E-state index contributed by atoms with van der Waals surface area (Å²) in [7, 11) is 1.52. The summed E-state index contributed by atoms with van der Waals surface area (Å²) in [5, 5.41) is 9.88. The van der Waals surface area contributed by atoms with Crippen LogP contribution in [0.4, 0.5) is 0 Å². The minimum Gasteiger partial charge on any atom is -0.499 e. The van der Waals surface area contributed by atoms with E-state index in [0.29, 0.717) is 12.2 Å². The van der Waals surface area contributed by atoms with Crippen LogP contribution in [0.2, 0.25) is 0 Å². The van der Waals surface area contributed by atoms with Crippen molar-refractivity contribution in [3.63, 3.8) is 0 Å². The van der Waals surface area contributed by atoms with E-state index in [1.165, 1.54) is 18.5 Å². The average Bonchev–Trinajstić information content (AvgIpc) is 2.64. The maximum Gasteiger partial charge on any atom is 0.309 e. The van der Waals surface area contributed by atoms with Gasteiger partial charge in [0.1, 0.15) is 5.82 Å². The molecule has 1 aromatic heterocycles. The highest BCUT2D eigenvalue weighted by molar-refractivity contribution is 5.69. The lowest BCUT2D eigenvalue weighted by Crippen LogP contribution is -2.23. The van der Waals surface area contributed by atoms with Crippen molar-refractivity contribution in [2.75, 3.05) is 0 Å². The second-order valence-electron chi connectivity index (χ2n) is 5.84. The topological polar surface area (TPSA) is 81.4 Å². The number of hydrogen-bond acceptors (Lipinski definition) is 5. The van der Waals surface area contributed by atoms with Gasteiger partial charge in [-0.15, -0.1) is 0 Å². The fraction of sp³-hybridized carbons (Fsp3) is 0.150. The molecule has 0 spiro atoms. The molecule has 0 saturated carbocycles. The summed E-state index contributed by atoms with van der Waals surface area (Å²) in [6.07, 6.45) is 0.339. The van der Waals surface area contributed by atoms with Crippen molar-refractivity contribution in [3.8, 4) is 22.8 Å². The molecule has 0 saturated heterocycles. The second kappa shape index (κ2) is 7.23. The Labute approximate surface area is 150 Å². The normalized spacial score (nSPS) is 10.5. The number of aromatic hydroxyl groups is 1. The van der Waals surface area contributed by atoms with Gasteiger partial charge in [0.2, 0.25) is 5.75 Å². The molecular formula is C20H18N2O4. The van der Waals surface area contributed by atoms with Crippen LogP contribution in [0, 0.1) is 0 Å². The predicted molar refractivity (Wildman–Crippen MR) is 97.1 cm³/mol. The molecule has 6 nitrogen and oxygen atoms in total. The maximum absolute atomic E-state index is 12.2. The number of esters is 1. The number of carbonyl (C=O) groups is 1. The fourth-order valence-electron chi connectivity index (χ4n) is 2.72. The van der Waals surface area contributed by atoms with E-state index in [9.17, 15) is 14.7 Å². The van der Waals surface area contributed by atoms with E-state index in [1.54, 1.807) is 0 Å². The Morgan fingerprint density at radius 2 is 1.77 bits per heavy atom. The standard InChI is InChI=1S/C20H18N2O4/c1-13(23)26-19-18(24)20(25)22(2)17(21-19)12-15-10-6-7-11-16(15)14-8-4-3-5-9-14/h3-11,24H,12H2,1-2H3. The summed E-state index contributed by atoms with van der Waals surface area (Å²) in [6, 6.07) is 17.7. The quantitative estimate of drug-likeness (QED) is 0.732. The number of aromatic nitrogens is 2. The molecule has 1 N–H and O–H groups in total. The highest BCUT2D eigenvalue weighted by Crippen LogP contribution is 2.26. The third kappa shape index (κ3) is 3.49. The molecule has 2 aromatic carbocycles. The molecule has 3 rings (SSSR count). The Morgan fingerprint density at radius 1 is 1.12 bits per heavy atom. The highest BCUT2D eigenvalue weighted by Gasteiger charge is 2.17. The molecule has 0 aliphatic rings. The Morgan fingerprint density at radius 3 is 2.46 bits per heavy atom. The van der Waals surface area contributed by atoms with Crippen LogP contribution in [-0.2, 0) is 18.3 Å². The van der Waals surface area contributed by atoms with Gasteiger partial charge in [0, 0.05) is 20.4 Å². The van der Waals surface area contributed by atoms with Crippen molar-refractivity contribution < 1.29 is 14.6 Å². The number of nitrogens with zero attached hydrogens (tertiary/aromatic N) is 2. The van der Waals surface area contributed by atoms with E-state index < -0.39 is 17.3 Å².